The number of aryl methyl sites for hydroxylation is 2. The molecule has 3 aromatic rings. The molecule has 1 aliphatic rings. The Morgan fingerprint density at radius 3 is 2.08 bits per heavy atom. The number of benzene rings is 2. The second-order valence-electron chi connectivity index (χ2n) is 5.99. The van der Waals surface area contributed by atoms with Crippen molar-refractivity contribution in [2.24, 2.45) is 0 Å². The quantitative estimate of drug-likeness (QED) is 0.472. The molecule has 0 radical (unpaired) electrons. The molecule has 0 atom stereocenters. The zero-order valence-corrected chi connectivity index (χ0v) is 16.1. The molecule has 4 nitrogen and oxygen atoms in total. The topological polar surface area (TPSA) is 46.1 Å². The van der Waals surface area contributed by atoms with Crippen LogP contribution in [0.25, 0.3) is 0 Å². The van der Waals surface area contributed by atoms with Gasteiger partial charge in [0.2, 0.25) is 5.91 Å². The van der Waals surface area contributed by atoms with Crippen LogP contribution < -0.4 is 4.90 Å². The lowest BCUT2D eigenvalue weighted by Gasteiger charge is -2.30. The third-order valence-electron chi connectivity index (χ3n) is 3.97. The van der Waals surface area contributed by atoms with E-state index in [2.05, 4.69) is 22.1 Å². The monoisotopic (exact) mass is 379 g/mol. The number of aromatic nitrogens is 2. The Morgan fingerprint density at radius 2 is 1.50 bits per heavy atom. The maximum Gasteiger partial charge on any atom is 0.242 e. The van der Waals surface area contributed by atoms with Crippen LogP contribution in [-0.2, 0) is 4.79 Å². The molecule has 0 spiro atoms. The molecule has 2 aromatic carbocycles. The number of fused-ring (bicyclic) bond motifs is 2. The summed E-state index contributed by atoms with van der Waals surface area (Å²) in [4.78, 5) is 25.9. The summed E-state index contributed by atoms with van der Waals surface area (Å²) in [6, 6.07) is 18.0. The first kappa shape index (κ1) is 17.1. The summed E-state index contributed by atoms with van der Waals surface area (Å²) >= 11 is 3.08. The summed E-state index contributed by atoms with van der Waals surface area (Å²) in [5.41, 5.74) is 3.70. The van der Waals surface area contributed by atoms with Crippen molar-refractivity contribution in [1.82, 2.24) is 9.97 Å². The van der Waals surface area contributed by atoms with Gasteiger partial charge in [-0.25, -0.2) is 9.97 Å². The predicted octanol–water partition coefficient (Wildman–Crippen LogP) is 5.02. The fourth-order valence-electron chi connectivity index (χ4n) is 2.92. The maximum atomic E-state index is 13.1. The van der Waals surface area contributed by atoms with E-state index in [0.29, 0.717) is 5.16 Å². The van der Waals surface area contributed by atoms with Crippen molar-refractivity contribution in [1.29, 1.82) is 0 Å². The van der Waals surface area contributed by atoms with Crippen LogP contribution >= 0.6 is 23.5 Å². The molecular formula is C20H17N3OS2. The Bertz CT molecular complexity index is 925. The van der Waals surface area contributed by atoms with E-state index in [1.54, 1.807) is 11.8 Å². The number of thioether (sulfide) groups is 1. The number of para-hydroxylation sites is 2. The number of hydrogen-bond acceptors (Lipinski definition) is 5. The molecule has 0 fully saturated rings. The van der Waals surface area contributed by atoms with Crippen molar-refractivity contribution in [2.75, 3.05) is 10.7 Å². The van der Waals surface area contributed by atoms with Crippen molar-refractivity contribution in [3.63, 3.8) is 0 Å². The first-order valence-corrected chi connectivity index (χ1v) is 10.1. The van der Waals surface area contributed by atoms with E-state index in [0.717, 1.165) is 32.6 Å². The van der Waals surface area contributed by atoms with E-state index < -0.39 is 0 Å². The average Bonchev–Trinajstić information content (AvgIpc) is 2.63. The van der Waals surface area contributed by atoms with Crippen molar-refractivity contribution in [3.05, 3.63) is 66.0 Å². The van der Waals surface area contributed by atoms with Gasteiger partial charge in [-0.2, -0.15) is 0 Å². The number of rotatable bonds is 3. The van der Waals surface area contributed by atoms with Crippen LogP contribution in [0.1, 0.15) is 11.4 Å². The van der Waals surface area contributed by atoms with Gasteiger partial charge >= 0.3 is 0 Å². The number of anilines is 2. The molecule has 1 aliphatic heterocycles. The highest BCUT2D eigenvalue weighted by atomic mass is 32.2. The molecule has 0 bridgehead atoms. The summed E-state index contributed by atoms with van der Waals surface area (Å²) in [7, 11) is 0. The zero-order chi connectivity index (χ0) is 18.1. The van der Waals surface area contributed by atoms with Crippen LogP contribution in [0.3, 0.4) is 0 Å². The summed E-state index contributed by atoms with van der Waals surface area (Å²) in [6.07, 6.45) is 0. The number of amides is 1. The van der Waals surface area contributed by atoms with Crippen molar-refractivity contribution < 1.29 is 4.79 Å². The molecule has 1 aromatic heterocycles. The third kappa shape index (κ3) is 3.34. The van der Waals surface area contributed by atoms with Crippen LogP contribution in [0.4, 0.5) is 11.4 Å². The molecule has 26 heavy (non-hydrogen) atoms. The van der Waals surface area contributed by atoms with Crippen LogP contribution in [0.5, 0.6) is 0 Å². The van der Waals surface area contributed by atoms with Gasteiger partial charge in [0.25, 0.3) is 0 Å². The summed E-state index contributed by atoms with van der Waals surface area (Å²) in [5.74, 6) is 0.314. The van der Waals surface area contributed by atoms with Crippen LogP contribution in [-0.4, -0.2) is 21.6 Å². The van der Waals surface area contributed by atoms with E-state index in [1.807, 2.05) is 61.2 Å². The SMILES string of the molecule is Cc1cc(C)nc(SCC(=O)N2c3ccccc3Sc3ccccc32)n1. The summed E-state index contributed by atoms with van der Waals surface area (Å²) < 4.78 is 0. The van der Waals surface area contributed by atoms with Crippen molar-refractivity contribution in [3.8, 4) is 0 Å². The molecule has 0 aliphatic carbocycles. The van der Waals surface area contributed by atoms with Crippen molar-refractivity contribution in [2.45, 2.75) is 28.8 Å². The Hall–Kier alpha value is -2.31. The number of carbonyl (C=O) groups is 1. The van der Waals surface area contributed by atoms with E-state index in [1.165, 1.54) is 11.8 Å². The minimum Gasteiger partial charge on any atom is -0.278 e. The molecule has 4 rings (SSSR count). The van der Waals surface area contributed by atoms with E-state index in [-0.39, 0.29) is 11.7 Å². The lowest BCUT2D eigenvalue weighted by atomic mass is 10.2. The van der Waals surface area contributed by atoms with Crippen molar-refractivity contribution >= 4 is 40.8 Å². The highest BCUT2D eigenvalue weighted by molar-refractivity contribution is 8.00. The Balaban J connectivity index is 1.63. The second-order valence-corrected chi connectivity index (χ2v) is 8.01. The van der Waals surface area contributed by atoms with Gasteiger partial charge in [0.05, 0.1) is 17.1 Å². The van der Waals surface area contributed by atoms with Gasteiger partial charge in [-0.15, -0.1) is 0 Å². The van der Waals surface area contributed by atoms with E-state index in [9.17, 15) is 4.79 Å². The normalized spacial score (nSPS) is 12.5. The minimum absolute atomic E-state index is 0.0259. The van der Waals surface area contributed by atoms with Crippen LogP contribution in [0, 0.1) is 13.8 Å². The lowest BCUT2D eigenvalue weighted by Crippen LogP contribution is -2.30. The number of nitrogens with zero attached hydrogens (tertiary/aromatic N) is 3. The molecule has 1 amide bonds. The van der Waals surface area contributed by atoms with Gasteiger partial charge < -0.3 is 0 Å². The smallest absolute Gasteiger partial charge is 0.242 e. The molecule has 6 heteroatoms. The third-order valence-corrected chi connectivity index (χ3v) is 5.93. The zero-order valence-electron chi connectivity index (χ0n) is 14.5. The first-order chi connectivity index (χ1) is 12.6. The average molecular weight is 380 g/mol. The molecule has 130 valence electrons. The fourth-order valence-corrected chi connectivity index (χ4v) is 4.78. The van der Waals surface area contributed by atoms with E-state index >= 15 is 0 Å². The summed E-state index contributed by atoms with van der Waals surface area (Å²) in [5, 5.41) is 0.642. The first-order valence-electron chi connectivity index (χ1n) is 8.26. The second kappa shape index (κ2) is 7.13. The number of carbonyl (C=O) groups excluding carboxylic acids is 1. The van der Waals surface area contributed by atoms with Crippen LogP contribution in [0.2, 0.25) is 0 Å². The number of hydrogen-bond donors (Lipinski definition) is 0. The van der Waals surface area contributed by atoms with Gasteiger partial charge in [-0.3, -0.25) is 9.69 Å². The highest BCUT2D eigenvalue weighted by Gasteiger charge is 2.27. The van der Waals surface area contributed by atoms with Gasteiger partial charge in [0, 0.05) is 21.2 Å². The minimum atomic E-state index is 0.0259. The summed E-state index contributed by atoms with van der Waals surface area (Å²) in [6.45, 7) is 3.88. The van der Waals surface area contributed by atoms with Crippen LogP contribution in [0.15, 0.2) is 69.5 Å². The fraction of sp³-hybridized carbons (Fsp3) is 0.150. The molecule has 0 N–H and O–H groups in total. The highest BCUT2D eigenvalue weighted by Crippen LogP contribution is 2.48. The molecule has 0 unspecified atom stereocenters. The lowest BCUT2D eigenvalue weighted by molar-refractivity contribution is -0.115. The predicted molar refractivity (Wildman–Crippen MR) is 106 cm³/mol. The van der Waals surface area contributed by atoms with Gasteiger partial charge in [0.15, 0.2) is 5.16 Å². The molecule has 2 heterocycles. The Kier molecular flexibility index (Phi) is 4.70. The Labute approximate surface area is 161 Å². The largest absolute Gasteiger partial charge is 0.278 e. The van der Waals surface area contributed by atoms with Gasteiger partial charge in [0.1, 0.15) is 0 Å². The standard InChI is InChI=1S/C20H17N3OS2/c1-13-11-14(2)22-20(21-13)25-12-19(24)23-15-7-3-5-9-17(15)26-18-10-6-4-8-16(18)23/h3-11H,12H2,1-2H3. The molecule has 0 saturated carbocycles. The Morgan fingerprint density at radius 1 is 0.962 bits per heavy atom. The molecular weight excluding hydrogens is 362 g/mol. The van der Waals surface area contributed by atoms with Gasteiger partial charge in [-0.05, 0) is 44.2 Å². The molecule has 0 saturated heterocycles. The van der Waals surface area contributed by atoms with E-state index in [4.69, 9.17) is 0 Å². The maximum absolute atomic E-state index is 13.1. The van der Waals surface area contributed by atoms with Gasteiger partial charge in [-0.1, -0.05) is 47.8 Å².